The van der Waals surface area contributed by atoms with E-state index in [0.29, 0.717) is 23.6 Å². The number of phenolic OH excluding ortho intramolecular Hbond substituents is 1. The van der Waals surface area contributed by atoms with Crippen LogP contribution in [0.4, 0.5) is 23.1 Å². The van der Waals surface area contributed by atoms with Gasteiger partial charge in [0.15, 0.2) is 11.6 Å². The first kappa shape index (κ1) is 23.5. The van der Waals surface area contributed by atoms with E-state index >= 15 is 0 Å². The first-order chi connectivity index (χ1) is 16.4. The summed E-state index contributed by atoms with van der Waals surface area (Å²) in [4.78, 5) is 27.0. The highest BCUT2D eigenvalue weighted by Crippen LogP contribution is 2.42. The zero-order valence-corrected chi connectivity index (χ0v) is 20.9. The van der Waals surface area contributed by atoms with Crippen molar-refractivity contribution in [2.24, 2.45) is 5.92 Å². The van der Waals surface area contributed by atoms with Crippen LogP contribution in [-0.4, -0.2) is 40.1 Å². The Labute approximate surface area is 210 Å². The van der Waals surface area contributed by atoms with Gasteiger partial charge < -0.3 is 20.2 Å². The minimum Gasteiger partial charge on any atom is -0.505 e. The number of anilines is 4. The number of amides is 1. The van der Waals surface area contributed by atoms with Crippen LogP contribution in [0, 0.1) is 5.92 Å². The Morgan fingerprint density at radius 3 is 2.38 bits per heavy atom. The van der Waals surface area contributed by atoms with Crippen LogP contribution in [0.5, 0.6) is 5.75 Å². The highest BCUT2D eigenvalue weighted by atomic mass is 35.5. The summed E-state index contributed by atoms with van der Waals surface area (Å²) >= 11 is 12.2. The van der Waals surface area contributed by atoms with Crippen LogP contribution in [0.2, 0.25) is 10.0 Å². The van der Waals surface area contributed by atoms with Gasteiger partial charge in [0.2, 0.25) is 11.9 Å². The summed E-state index contributed by atoms with van der Waals surface area (Å²) in [6.07, 6.45) is 13.3. The molecular formula is C25H31Cl2N5O2. The quantitative estimate of drug-likeness (QED) is 0.466. The number of carbonyl (C=O) groups is 1. The molecule has 1 aromatic carbocycles. The van der Waals surface area contributed by atoms with E-state index in [4.69, 9.17) is 28.2 Å². The van der Waals surface area contributed by atoms with E-state index in [2.05, 4.69) is 15.2 Å². The Kier molecular flexibility index (Phi) is 6.76. The highest BCUT2D eigenvalue weighted by molar-refractivity contribution is 6.37. The predicted octanol–water partition coefficient (Wildman–Crippen LogP) is 6.30. The lowest BCUT2D eigenvalue weighted by atomic mass is 9.83. The summed E-state index contributed by atoms with van der Waals surface area (Å²) in [5.74, 6) is 1.79. The van der Waals surface area contributed by atoms with E-state index in [9.17, 15) is 9.90 Å². The number of hydrogen-bond donors (Lipinski definition) is 2. The van der Waals surface area contributed by atoms with Crippen LogP contribution >= 0.6 is 23.2 Å². The van der Waals surface area contributed by atoms with Crippen molar-refractivity contribution in [1.82, 2.24) is 9.97 Å². The van der Waals surface area contributed by atoms with E-state index in [0.717, 1.165) is 30.8 Å². The first-order valence-corrected chi connectivity index (χ1v) is 13.1. The second-order valence-electron chi connectivity index (χ2n) is 9.81. The van der Waals surface area contributed by atoms with Gasteiger partial charge in [0.1, 0.15) is 11.7 Å². The maximum Gasteiger partial charge on any atom is 0.249 e. The van der Waals surface area contributed by atoms with Crippen LogP contribution in [-0.2, 0) is 4.79 Å². The van der Waals surface area contributed by atoms with Gasteiger partial charge in [0.05, 0.1) is 16.2 Å². The molecule has 0 saturated heterocycles. The van der Waals surface area contributed by atoms with Crippen molar-refractivity contribution in [1.29, 1.82) is 0 Å². The number of benzene rings is 1. The molecular weight excluding hydrogens is 473 g/mol. The van der Waals surface area contributed by atoms with Crippen molar-refractivity contribution in [3.63, 3.8) is 0 Å². The lowest BCUT2D eigenvalue weighted by Crippen LogP contribution is -2.56. The Morgan fingerprint density at radius 2 is 1.71 bits per heavy atom. The molecule has 1 amide bonds. The predicted molar refractivity (Wildman–Crippen MR) is 137 cm³/mol. The molecule has 182 valence electrons. The average Bonchev–Trinajstić information content (AvgIpc) is 3.36. The second-order valence-corrected chi connectivity index (χ2v) is 10.6. The molecule has 2 N–H and O–H groups in total. The molecule has 1 aliphatic heterocycles. The van der Waals surface area contributed by atoms with Gasteiger partial charge in [0, 0.05) is 18.8 Å². The van der Waals surface area contributed by atoms with Gasteiger partial charge in [-0.3, -0.25) is 4.79 Å². The number of rotatable bonds is 5. The third-order valence-electron chi connectivity index (χ3n) is 7.58. The fraction of sp³-hybridized carbons (Fsp3) is 0.560. The van der Waals surface area contributed by atoms with Gasteiger partial charge >= 0.3 is 0 Å². The Hall–Kier alpha value is -2.25. The van der Waals surface area contributed by atoms with Crippen molar-refractivity contribution in [2.45, 2.75) is 76.3 Å². The molecule has 0 bridgehead atoms. The molecule has 34 heavy (non-hydrogen) atoms. The van der Waals surface area contributed by atoms with Gasteiger partial charge in [-0.2, -0.15) is 4.98 Å². The lowest BCUT2D eigenvalue weighted by Gasteiger charge is -2.45. The molecule has 1 atom stereocenters. The smallest absolute Gasteiger partial charge is 0.249 e. The molecule has 2 aromatic rings. The SMILES string of the molecule is CN1C(=O)C(CC2CCCCC2)N(C2CCCC2)c2nc(Nc3cc(Cl)c(O)c(Cl)c3)ncc21. The number of aromatic hydroxyl groups is 1. The zero-order chi connectivity index (χ0) is 23.8. The summed E-state index contributed by atoms with van der Waals surface area (Å²) in [6.45, 7) is 0. The van der Waals surface area contributed by atoms with E-state index in [1.807, 2.05) is 7.05 Å². The van der Waals surface area contributed by atoms with Gasteiger partial charge in [0.25, 0.3) is 0 Å². The number of fused-ring (bicyclic) bond motifs is 1. The van der Waals surface area contributed by atoms with Crippen molar-refractivity contribution in [2.75, 3.05) is 22.2 Å². The second kappa shape index (κ2) is 9.78. The highest BCUT2D eigenvalue weighted by Gasteiger charge is 2.43. The molecule has 1 aromatic heterocycles. The van der Waals surface area contributed by atoms with Gasteiger partial charge in [-0.15, -0.1) is 0 Å². The molecule has 7 nitrogen and oxygen atoms in total. The van der Waals surface area contributed by atoms with Gasteiger partial charge in [-0.25, -0.2) is 4.98 Å². The summed E-state index contributed by atoms with van der Waals surface area (Å²) in [7, 11) is 1.83. The molecule has 5 rings (SSSR count). The maximum absolute atomic E-state index is 13.6. The number of hydrogen-bond acceptors (Lipinski definition) is 6. The van der Waals surface area contributed by atoms with Crippen LogP contribution in [0.15, 0.2) is 18.3 Å². The third-order valence-corrected chi connectivity index (χ3v) is 8.16. The normalized spacial score (nSPS) is 21.7. The molecule has 2 aliphatic carbocycles. The number of phenols is 1. The summed E-state index contributed by atoms with van der Waals surface area (Å²) < 4.78 is 0. The standard InChI is InChI=1S/C25H31Cl2N5O2/c1-31-21-14-28-25(29-16-12-18(26)22(33)19(27)13-16)30-23(21)32(17-9-5-6-10-17)20(24(31)34)11-15-7-3-2-4-8-15/h12-15,17,20,33H,2-11H2,1H3,(H,28,29,30). The molecule has 1 unspecified atom stereocenters. The fourth-order valence-corrected chi connectivity index (χ4v) is 6.28. The first-order valence-electron chi connectivity index (χ1n) is 12.3. The molecule has 0 spiro atoms. The number of likely N-dealkylation sites (N-methyl/N-ethyl adjacent to an activating group) is 1. The third kappa shape index (κ3) is 4.52. The van der Waals surface area contributed by atoms with Crippen molar-refractivity contribution in [3.8, 4) is 5.75 Å². The molecule has 2 fully saturated rings. The molecule has 9 heteroatoms. The number of nitrogens with zero attached hydrogens (tertiary/aromatic N) is 4. The zero-order valence-electron chi connectivity index (χ0n) is 19.4. The molecule has 2 heterocycles. The minimum absolute atomic E-state index is 0.145. The maximum atomic E-state index is 13.6. The molecule has 0 radical (unpaired) electrons. The molecule has 3 aliphatic rings. The van der Waals surface area contributed by atoms with Crippen LogP contribution < -0.4 is 15.1 Å². The van der Waals surface area contributed by atoms with Crippen LogP contribution in [0.1, 0.15) is 64.2 Å². The minimum atomic E-state index is -0.191. The number of aromatic nitrogens is 2. The van der Waals surface area contributed by atoms with Gasteiger partial charge in [-0.05, 0) is 37.3 Å². The topological polar surface area (TPSA) is 81.6 Å². The van der Waals surface area contributed by atoms with Crippen molar-refractivity contribution in [3.05, 3.63) is 28.4 Å². The lowest BCUT2D eigenvalue weighted by molar-refractivity contribution is -0.120. The van der Waals surface area contributed by atoms with Crippen molar-refractivity contribution >= 4 is 52.3 Å². The average molecular weight is 504 g/mol. The fourth-order valence-electron chi connectivity index (χ4n) is 5.79. The van der Waals surface area contributed by atoms with E-state index in [-0.39, 0.29) is 27.7 Å². The van der Waals surface area contributed by atoms with Crippen LogP contribution in [0.3, 0.4) is 0 Å². The largest absolute Gasteiger partial charge is 0.505 e. The van der Waals surface area contributed by atoms with E-state index < -0.39 is 0 Å². The number of nitrogens with one attached hydrogen (secondary N) is 1. The number of carbonyl (C=O) groups excluding carboxylic acids is 1. The Bertz CT molecular complexity index is 1050. The Balaban J connectivity index is 1.50. The summed E-state index contributed by atoms with van der Waals surface area (Å²) in [6, 6.07) is 3.29. The summed E-state index contributed by atoms with van der Waals surface area (Å²) in [5.41, 5.74) is 1.32. The monoisotopic (exact) mass is 503 g/mol. The Morgan fingerprint density at radius 1 is 1.06 bits per heavy atom. The molecule has 2 saturated carbocycles. The van der Waals surface area contributed by atoms with E-state index in [1.165, 1.54) is 44.9 Å². The van der Waals surface area contributed by atoms with Crippen LogP contribution in [0.25, 0.3) is 0 Å². The van der Waals surface area contributed by atoms with Gasteiger partial charge in [-0.1, -0.05) is 68.1 Å². The van der Waals surface area contributed by atoms with Crippen molar-refractivity contribution < 1.29 is 9.90 Å². The summed E-state index contributed by atoms with van der Waals surface area (Å²) in [5, 5.41) is 13.3. The number of halogens is 2. The van der Waals surface area contributed by atoms with E-state index in [1.54, 1.807) is 23.2 Å².